The van der Waals surface area contributed by atoms with Crippen molar-refractivity contribution in [3.63, 3.8) is 0 Å². The molecule has 108 valence electrons. The predicted octanol–water partition coefficient (Wildman–Crippen LogP) is 3.50. The number of aromatic amines is 2. The van der Waals surface area contributed by atoms with Gasteiger partial charge in [-0.1, -0.05) is 24.3 Å². The molecule has 5 heteroatoms. The molecule has 0 radical (unpaired) electrons. The molecule has 2 N–H and O–H groups in total. The Labute approximate surface area is 125 Å². The van der Waals surface area contributed by atoms with Crippen LogP contribution in [-0.4, -0.2) is 28.3 Å². The van der Waals surface area contributed by atoms with E-state index >= 15 is 0 Å². The zero-order valence-electron chi connectivity index (χ0n) is 11.9. The van der Waals surface area contributed by atoms with E-state index in [1.165, 1.54) is 7.11 Å². The van der Waals surface area contributed by atoms with Gasteiger partial charge < -0.3 is 9.72 Å². The summed E-state index contributed by atoms with van der Waals surface area (Å²) in [4.78, 5) is 14.9. The van der Waals surface area contributed by atoms with E-state index in [1.807, 2.05) is 36.4 Å². The summed E-state index contributed by atoms with van der Waals surface area (Å²) < 4.78 is 4.75. The molecule has 0 saturated carbocycles. The third kappa shape index (κ3) is 1.87. The van der Waals surface area contributed by atoms with Gasteiger partial charge in [-0.2, -0.15) is 5.10 Å². The maximum atomic E-state index is 11.6. The van der Waals surface area contributed by atoms with E-state index in [0.717, 1.165) is 33.2 Å². The van der Waals surface area contributed by atoms with E-state index in [4.69, 9.17) is 4.74 Å². The van der Waals surface area contributed by atoms with Crippen molar-refractivity contribution in [1.82, 2.24) is 15.2 Å². The number of carbonyl (C=O) groups excluding carboxylic acids is 1. The fraction of sp³-hybridized carbons (Fsp3) is 0.0588. The second-order valence-corrected chi connectivity index (χ2v) is 5.09. The van der Waals surface area contributed by atoms with Gasteiger partial charge >= 0.3 is 5.97 Å². The van der Waals surface area contributed by atoms with Crippen molar-refractivity contribution in [3.05, 3.63) is 54.1 Å². The van der Waals surface area contributed by atoms with Gasteiger partial charge in [0.25, 0.3) is 0 Å². The maximum absolute atomic E-state index is 11.6. The number of esters is 1. The van der Waals surface area contributed by atoms with E-state index in [0.29, 0.717) is 5.56 Å². The molecule has 0 spiro atoms. The lowest BCUT2D eigenvalue weighted by molar-refractivity contribution is 0.0601. The first-order chi connectivity index (χ1) is 10.8. The summed E-state index contributed by atoms with van der Waals surface area (Å²) in [6.45, 7) is 0. The number of rotatable bonds is 2. The van der Waals surface area contributed by atoms with Crippen LogP contribution in [0.5, 0.6) is 0 Å². The molecular weight excluding hydrogens is 278 g/mol. The SMILES string of the molecule is COC(=O)c1ccc2cc(-c3n[nH]c4ccccc34)[nH]c2c1. The molecule has 0 aliphatic heterocycles. The van der Waals surface area contributed by atoms with Gasteiger partial charge in [-0.15, -0.1) is 0 Å². The molecule has 2 heterocycles. The highest BCUT2D eigenvalue weighted by molar-refractivity contribution is 5.98. The third-order valence-corrected chi connectivity index (χ3v) is 3.77. The lowest BCUT2D eigenvalue weighted by atomic mass is 10.1. The van der Waals surface area contributed by atoms with Crippen LogP contribution in [0.4, 0.5) is 0 Å². The zero-order valence-corrected chi connectivity index (χ0v) is 11.9. The van der Waals surface area contributed by atoms with Crippen LogP contribution < -0.4 is 0 Å². The van der Waals surface area contributed by atoms with Gasteiger partial charge in [0.05, 0.1) is 23.9 Å². The summed E-state index contributed by atoms with van der Waals surface area (Å²) in [6, 6.07) is 15.4. The highest BCUT2D eigenvalue weighted by Gasteiger charge is 2.12. The lowest BCUT2D eigenvalue weighted by Gasteiger charge is -1.98. The second-order valence-electron chi connectivity index (χ2n) is 5.09. The summed E-state index contributed by atoms with van der Waals surface area (Å²) in [5.74, 6) is -0.344. The maximum Gasteiger partial charge on any atom is 0.337 e. The Morgan fingerprint density at radius 3 is 2.82 bits per heavy atom. The highest BCUT2D eigenvalue weighted by Crippen LogP contribution is 2.28. The zero-order chi connectivity index (χ0) is 15.1. The van der Waals surface area contributed by atoms with Crippen molar-refractivity contribution < 1.29 is 9.53 Å². The van der Waals surface area contributed by atoms with Crippen LogP contribution in [0.3, 0.4) is 0 Å². The van der Waals surface area contributed by atoms with Crippen molar-refractivity contribution in [3.8, 4) is 11.4 Å². The minimum atomic E-state index is -0.344. The van der Waals surface area contributed by atoms with E-state index < -0.39 is 0 Å². The number of H-pyrrole nitrogens is 2. The Morgan fingerprint density at radius 2 is 1.95 bits per heavy atom. The molecule has 22 heavy (non-hydrogen) atoms. The first-order valence-electron chi connectivity index (χ1n) is 6.91. The number of nitrogens with zero attached hydrogens (tertiary/aromatic N) is 1. The molecule has 2 aromatic heterocycles. The number of fused-ring (bicyclic) bond motifs is 2. The Hall–Kier alpha value is -3.08. The Kier molecular flexibility index (Phi) is 2.72. The van der Waals surface area contributed by atoms with Gasteiger partial charge in [-0.05, 0) is 24.3 Å². The van der Waals surface area contributed by atoms with Gasteiger partial charge in [-0.25, -0.2) is 4.79 Å². The lowest BCUT2D eigenvalue weighted by Crippen LogP contribution is -2.00. The van der Waals surface area contributed by atoms with Crippen LogP contribution in [0.15, 0.2) is 48.5 Å². The van der Waals surface area contributed by atoms with Crippen molar-refractivity contribution in [1.29, 1.82) is 0 Å². The molecule has 0 aliphatic carbocycles. The molecule has 0 bridgehead atoms. The normalized spacial score (nSPS) is 11.1. The summed E-state index contributed by atoms with van der Waals surface area (Å²) in [5.41, 5.74) is 4.17. The largest absolute Gasteiger partial charge is 0.465 e. The monoisotopic (exact) mass is 291 g/mol. The molecule has 0 aliphatic rings. The van der Waals surface area contributed by atoms with Crippen LogP contribution in [0.25, 0.3) is 33.2 Å². The Bertz CT molecular complexity index is 997. The standard InChI is InChI=1S/C17H13N3O2/c1-22-17(21)11-7-6-10-8-15(18-14(10)9-11)16-12-4-2-3-5-13(12)19-20-16/h2-9,18H,1H3,(H,19,20). The molecule has 0 amide bonds. The van der Waals surface area contributed by atoms with Crippen molar-refractivity contribution in [2.75, 3.05) is 7.11 Å². The molecule has 4 rings (SSSR count). The minimum absolute atomic E-state index is 0.344. The van der Waals surface area contributed by atoms with Crippen LogP contribution in [0.1, 0.15) is 10.4 Å². The average molecular weight is 291 g/mol. The van der Waals surface area contributed by atoms with Crippen molar-refractivity contribution >= 4 is 27.8 Å². The molecule has 5 nitrogen and oxygen atoms in total. The van der Waals surface area contributed by atoms with Crippen molar-refractivity contribution in [2.45, 2.75) is 0 Å². The van der Waals surface area contributed by atoms with Gasteiger partial charge in [0.2, 0.25) is 0 Å². The summed E-state index contributed by atoms with van der Waals surface area (Å²) in [5, 5.41) is 9.49. The van der Waals surface area contributed by atoms with Crippen LogP contribution in [-0.2, 0) is 4.74 Å². The molecule has 0 atom stereocenters. The number of carbonyl (C=O) groups is 1. The van der Waals surface area contributed by atoms with Crippen molar-refractivity contribution in [2.24, 2.45) is 0 Å². The number of benzene rings is 2. The number of nitrogens with one attached hydrogen (secondary N) is 2. The first-order valence-corrected chi connectivity index (χ1v) is 6.91. The summed E-state index contributed by atoms with van der Waals surface area (Å²) in [6.07, 6.45) is 0. The highest BCUT2D eigenvalue weighted by atomic mass is 16.5. The Morgan fingerprint density at radius 1 is 1.09 bits per heavy atom. The fourth-order valence-corrected chi connectivity index (χ4v) is 2.67. The Balaban J connectivity index is 1.87. The average Bonchev–Trinajstić information content (AvgIpc) is 3.16. The molecule has 0 saturated heterocycles. The van der Waals surface area contributed by atoms with E-state index in [2.05, 4.69) is 15.2 Å². The molecule has 4 aromatic rings. The molecule has 0 fully saturated rings. The third-order valence-electron chi connectivity index (χ3n) is 3.77. The van der Waals surface area contributed by atoms with Crippen LogP contribution >= 0.6 is 0 Å². The van der Waals surface area contributed by atoms with Crippen LogP contribution in [0.2, 0.25) is 0 Å². The number of hydrogen-bond donors (Lipinski definition) is 2. The topological polar surface area (TPSA) is 70.8 Å². The van der Waals surface area contributed by atoms with Crippen LogP contribution in [0, 0.1) is 0 Å². The van der Waals surface area contributed by atoms with Gasteiger partial charge in [-0.3, -0.25) is 5.10 Å². The second kappa shape index (κ2) is 4.73. The number of aromatic nitrogens is 3. The molecular formula is C17H13N3O2. The van der Waals surface area contributed by atoms with E-state index in [9.17, 15) is 4.79 Å². The number of ether oxygens (including phenoxy) is 1. The van der Waals surface area contributed by atoms with Gasteiger partial charge in [0, 0.05) is 16.3 Å². The van der Waals surface area contributed by atoms with Gasteiger partial charge in [0.1, 0.15) is 5.69 Å². The smallest absolute Gasteiger partial charge is 0.337 e. The molecule has 2 aromatic carbocycles. The fourth-order valence-electron chi connectivity index (χ4n) is 2.67. The number of para-hydroxylation sites is 1. The summed E-state index contributed by atoms with van der Waals surface area (Å²) in [7, 11) is 1.38. The van der Waals surface area contributed by atoms with E-state index in [1.54, 1.807) is 12.1 Å². The number of methoxy groups -OCH3 is 1. The predicted molar refractivity (Wildman–Crippen MR) is 84.7 cm³/mol. The quantitative estimate of drug-likeness (QED) is 0.555. The first kappa shape index (κ1) is 12.6. The molecule has 0 unspecified atom stereocenters. The number of hydrogen-bond acceptors (Lipinski definition) is 3. The van der Waals surface area contributed by atoms with Gasteiger partial charge in [0.15, 0.2) is 0 Å². The summed E-state index contributed by atoms with van der Waals surface area (Å²) >= 11 is 0. The van der Waals surface area contributed by atoms with E-state index in [-0.39, 0.29) is 5.97 Å². The minimum Gasteiger partial charge on any atom is -0.465 e.